The van der Waals surface area contributed by atoms with Crippen molar-refractivity contribution in [3.8, 4) is 0 Å². The van der Waals surface area contributed by atoms with Gasteiger partial charge in [-0.1, -0.05) is 29.8 Å². The van der Waals surface area contributed by atoms with Crippen molar-refractivity contribution < 1.29 is 19.4 Å². The van der Waals surface area contributed by atoms with Crippen LogP contribution in [-0.4, -0.2) is 30.2 Å². The summed E-state index contributed by atoms with van der Waals surface area (Å²) in [6, 6.07) is 10.7. The van der Waals surface area contributed by atoms with Gasteiger partial charge in [-0.15, -0.1) is 0 Å². The highest BCUT2D eigenvalue weighted by Crippen LogP contribution is 2.37. The number of carboxylic acids is 1. The van der Waals surface area contributed by atoms with Gasteiger partial charge in [-0.3, -0.25) is 0 Å². The minimum atomic E-state index is -0.836. The van der Waals surface area contributed by atoms with Crippen LogP contribution in [-0.2, 0) is 22.5 Å². The van der Waals surface area contributed by atoms with Crippen molar-refractivity contribution in [2.24, 2.45) is 0 Å². The summed E-state index contributed by atoms with van der Waals surface area (Å²) in [7, 11) is 1.35. The van der Waals surface area contributed by atoms with Gasteiger partial charge < -0.3 is 14.7 Å². The van der Waals surface area contributed by atoms with Crippen LogP contribution in [0.1, 0.15) is 32.6 Å². The largest absolute Gasteiger partial charge is 0.480 e. The molecule has 1 atom stereocenters. The highest BCUT2D eigenvalue weighted by atomic mass is 16.5. The van der Waals surface area contributed by atoms with Crippen molar-refractivity contribution in [1.29, 1.82) is 0 Å². The Kier molecular flexibility index (Phi) is 4.49. The molecule has 0 spiro atoms. The van der Waals surface area contributed by atoms with Crippen molar-refractivity contribution >= 4 is 17.6 Å². The fraction of sp³-hybridized carbons (Fsp3) is 0.300. The van der Waals surface area contributed by atoms with E-state index in [-0.39, 0.29) is 0 Å². The number of benzene rings is 2. The summed E-state index contributed by atoms with van der Waals surface area (Å²) in [4.78, 5) is 25.4. The number of esters is 1. The molecule has 2 aromatic rings. The van der Waals surface area contributed by atoms with Gasteiger partial charge in [-0.25, -0.2) is 9.59 Å². The van der Waals surface area contributed by atoms with Crippen molar-refractivity contribution in [2.45, 2.75) is 32.9 Å². The molecule has 25 heavy (non-hydrogen) atoms. The Hall–Kier alpha value is -2.82. The van der Waals surface area contributed by atoms with Crippen LogP contribution in [0, 0.1) is 13.8 Å². The van der Waals surface area contributed by atoms with E-state index in [4.69, 9.17) is 4.74 Å². The number of carbonyl (C=O) groups excluding carboxylic acids is 1. The van der Waals surface area contributed by atoms with Crippen molar-refractivity contribution in [3.63, 3.8) is 0 Å². The minimum Gasteiger partial charge on any atom is -0.480 e. The molecule has 130 valence electrons. The van der Waals surface area contributed by atoms with Gasteiger partial charge >= 0.3 is 11.9 Å². The predicted octanol–water partition coefficient (Wildman–Crippen LogP) is 3.11. The standard InChI is InChI=1S/C20H21NO4/c1-12-7-13(2)18-16(8-12)10-17(19(22)23)21(18)11-14-5-4-6-15(9-14)20(24)25-3/h4-9,17H,10-11H2,1-3H3,(H,22,23). The normalized spacial score (nSPS) is 15.8. The third kappa shape index (κ3) is 3.22. The van der Waals surface area contributed by atoms with Crippen molar-refractivity contribution in [1.82, 2.24) is 0 Å². The van der Waals surface area contributed by atoms with E-state index in [1.807, 2.05) is 24.8 Å². The molecule has 0 fully saturated rings. The zero-order chi connectivity index (χ0) is 18.1. The van der Waals surface area contributed by atoms with E-state index < -0.39 is 18.0 Å². The lowest BCUT2D eigenvalue weighted by molar-refractivity contribution is -0.138. The number of hydrogen-bond acceptors (Lipinski definition) is 4. The van der Waals surface area contributed by atoms with Crippen molar-refractivity contribution in [2.75, 3.05) is 12.0 Å². The van der Waals surface area contributed by atoms with Crippen LogP contribution in [0.25, 0.3) is 0 Å². The number of nitrogens with zero attached hydrogens (tertiary/aromatic N) is 1. The first-order chi connectivity index (χ1) is 11.9. The Morgan fingerprint density at radius 3 is 2.68 bits per heavy atom. The topological polar surface area (TPSA) is 66.8 Å². The van der Waals surface area contributed by atoms with Gasteiger partial charge in [-0.05, 0) is 42.7 Å². The van der Waals surface area contributed by atoms with E-state index in [2.05, 4.69) is 12.1 Å². The van der Waals surface area contributed by atoms with Crippen LogP contribution in [0.15, 0.2) is 36.4 Å². The first kappa shape index (κ1) is 17.0. The molecule has 5 nitrogen and oxygen atoms in total. The number of methoxy groups -OCH3 is 1. The highest BCUT2D eigenvalue weighted by Gasteiger charge is 2.35. The summed E-state index contributed by atoms with van der Waals surface area (Å²) in [5.74, 6) is -1.23. The summed E-state index contributed by atoms with van der Waals surface area (Å²) in [5.41, 5.74) is 5.60. The molecule has 1 heterocycles. The third-order valence-corrected chi connectivity index (χ3v) is 4.59. The molecule has 0 radical (unpaired) electrons. The molecule has 0 aliphatic carbocycles. The summed E-state index contributed by atoms with van der Waals surface area (Å²) in [6.07, 6.45) is 0.490. The maximum atomic E-state index is 11.8. The number of ether oxygens (including phenoxy) is 1. The van der Waals surface area contributed by atoms with Gasteiger partial charge in [0.25, 0.3) is 0 Å². The van der Waals surface area contributed by atoms with Gasteiger partial charge in [0, 0.05) is 18.7 Å². The number of rotatable bonds is 4. The van der Waals surface area contributed by atoms with Crippen LogP contribution in [0.2, 0.25) is 0 Å². The molecule has 3 rings (SSSR count). The molecule has 2 aromatic carbocycles. The van der Waals surface area contributed by atoms with E-state index in [9.17, 15) is 14.7 Å². The molecule has 0 aromatic heterocycles. The highest BCUT2D eigenvalue weighted by molar-refractivity contribution is 5.89. The summed E-state index contributed by atoms with van der Waals surface area (Å²) in [6.45, 7) is 4.46. The zero-order valence-corrected chi connectivity index (χ0v) is 14.6. The Balaban J connectivity index is 1.98. The lowest BCUT2D eigenvalue weighted by Gasteiger charge is -2.26. The molecule has 1 N–H and O–H groups in total. The van der Waals surface area contributed by atoms with E-state index in [0.29, 0.717) is 18.5 Å². The smallest absolute Gasteiger partial charge is 0.337 e. The fourth-order valence-corrected chi connectivity index (χ4v) is 3.61. The molecule has 0 saturated heterocycles. The summed E-state index contributed by atoms with van der Waals surface area (Å²) >= 11 is 0. The first-order valence-electron chi connectivity index (χ1n) is 8.17. The Morgan fingerprint density at radius 2 is 2.00 bits per heavy atom. The average molecular weight is 339 g/mol. The monoisotopic (exact) mass is 339 g/mol. The van der Waals surface area contributed by atoms with Gasteiger partial charge in [0.2, 0.25) is 0 Å². The minimum absolute atomic E-state index is 0.398. The summed E-state index contributed by atoms with van der Waals surface area (Å²) < 4.78 is 4.76. The quantitative estimate of drug-likeness (QED) is 0.867. The molecule has 0 amide bonds. The molecule has 1 aliphatic heterocycles. The molecular formula is C20H21NO4. The first-order valence-corrected chi connectivity index (χ1v) is 8.17. The number of aryl methyl sites for hydroxylation is 2. The Morgan fingerprint density at radius 1 is 1.24 bits per heavy atom. The average Bonchev–Trinajstić information content (AvgIpc) is 2.93. The second-order valence-corrected chi connectivity index (χ2v) is 6.47. The number of hydrogen-bond donors (Lipinski definition) is 1. The number of carbonyl (C=O) groups is 2. The van der Waals surface area contributed by atoms with Crippen LogP contribution in [0.4, 0.5) is 5.69 Å². The van der Waals surface area contributed by atoms with Gasteiger partial charge in [0.05, 0.1) is 12.7 Å². The Bertz CT molecular complexity index is 844. The van der Waals surface area contributed by atoms with Crippen LogP contribution >= 0.6 is 0 Å². The lowest BCUT2D eigenvalue weighted by Crippen LogP contribution is -2.38. The fourth-order valence-electron chi connectivity index (χ4n) is 3.61. The molecule has 0 saturated carbocycles. The van der Waals surface area contributed by atoms with E-state index >= 15 is 0 Å². The molecule has 1 aliphatic rings. The van der Waals surface area contributed by atoms with Crippen LogP contribution in [0.3, 0.4) is 0 Å². The molecular weight excluding hydrogens is 318 g/mol. The second-order valence-electron chi connectivity index (χ2n) is 6.47. The molecule has 0 bridgehead atoms. The third-order valence-electron chi connectivity index (χ3n) is 4.59. The Labute approximate surface area is 146 Å². The number of fused-ring (bicyclic) bond motifs is 1. The van der Waals surface area contributed by atoms with Crippen molar-refractivity contribution in [3.05, 3.63) is 64.2 Å². The van der Waals surface area contributed by atoms with Crippen LogP contribution in [0.5, 0.6) is 0 Å². The molecule has 5 heteroatoms. The predicted molar refractivity (Wildman–Crippen MR) is 95.0 cm³/mol. The maximum absolute atomic E-state index is 11.8. The van der Waals surface area contributed by atoms with E-state index in [1.165, 1.54) is 7.11 Å². The van der Waals surface area contributed by atoms with Gasteiger partial charge in [-0.2, -0.15) is 0 Å². The number of aliphatic carboxylic acids is 1. The van der Waals surface area contributed by atoms with Gasteiger partial charge in [0.15, 0.2) is 0 Å². The number of anilines is 1. The van der Waals surface area contributed by atoms with Gasteiger partial charge in [0.1, 0.15) is 6.04 Å². The van der Waals surface area contributed by atoms with E-state index in [1.54, 1.807) is 18.2 Å². The number of carboxylic acid groups (broad SMARTS) is 1. The SMILES string of the molecule is COC(=O)c1cccc(CN2c3c(C)cc(C)cc3CC2C(=O)O)c1. The lowest BCUT2D eigenvalue weighted by atomic mass is 10.0. The van der Waals surface area contributed by atoms with E-state index in [0.717, 1.165) is 27.9 Å². The van der Waals surface area contributed by atoms with Crippen LogP contribution < -0.4 is 4.90 Å². The maximum Gasteiger partial charge on any atom is 0.337 e. The summed E-state index contributed by atoms with van der Waals surface area (Å²) in [5, 5.41) is 9.66. The zero-order valence-electron chi connectivity index (χ0n) is 14.6. The second kappa shape index (κ2) is 6.59. The molecule has 1 unspecified atom stereocenters.